The number of carbonyl (C=O) groups excluding carboxylic acids is 1. The van der Waals surface area contributed by atoms with Gasteiger partial charge in [-0.15, -0.1) is 6.04 Å². The Kier molecular flexibility index (Phi) is 12.1. The molecule has 0 heterocycles. The van der Waals surface area contributed by atoms with Crippen LogP contribution in [0.2, 0.25) is 0 Å². The van der Waals surface area contributed by atoms with E-state index in [0.717, 1.165) is 12.8 Å². The van der Waals surface area contributed by atoms with Crippen LogP contribution >= 0.6 is 23.2 Å². The quantitative estimate of drug-likeness (QED) is 0.302. The second kappa shape index (κ2) is 11.3. The van der Waals surface area contributed by atoms with Gasteiger partial charge >= 0.3 is 39.0 Å². The molecule has 0 unspecified atom stereocenters. The van der Waals surface area contributed by atoms with Gasteiger partial charge in [-0.1, -0.05) is 48.9 Å². The molecule has 2 fully saturated rings. The molecule has 0 aromatic heterocycles. The molecule has 0 aromatic carbocycles. The number of carbonyl (C=O) groups is 3. The summed E-state index contributed by atoms with van der Waals surface area (Å²) in [4.78, 5) is 31.0. The van der Waals surface area contributed by atoms with Crippen molar-refractivity contribution in [1.29, 1.82) is 0 Å². The van der Waals surface area contributed by atoms with E-state index in [4.69, 9.17) is 39.1 Å². The molecule has 2 rings (SSSR count). The van der Waals surface area contributed by atoms with E-state index in [1.165, 1.54) is 12.8 Å². The van der Waals surface area contributed by atoms with E-state index in [0.29, 0.717) is 6.04 Å². The number of ether oxygens (including phenoxy) is 1. The zero-order valence-corrected chi connectivity index (χ0v) is 16.4. The molecule has 0 saturated heterocycles. The SMILES string of the molecule is O=C(OC1CC(C(=O)O)(C(=O)O)C1)C(Cl)Cl.[NH-]C1CCCC1.[NH2-].[Pt+2]. The first-order valence-corrected chi connectivity index (χ1v) is 7.73. The summed E-state index contributed by atoms with van der Waals surface area (Å²) in [6.45, 7) is 0. The average Bonchev–Trinajstić information content (AvgIpc) is 2.83. The van der Waals surface area contributed by atoms with Crippen molar-refractivity contribution in [2.75, 3.05) is 0 Å². The van der Waals surface area contributed by atoms with E-state index in [-0.39, 0.29) is 40.1 Å². The molecule has 5 N–H and O–H groups in total. The third-order valence-corrected chi connectivity index (χ3v) is 4.14. The first kappa shape index (κ1) is 25.8. The number of rotatable bonds is 4. The van der Waals surface area contributed by atoms with Crippen LogP contribution in [0.25, 0.3) is 11.9 Å². The van der Waals surface area contributed by atoms with Gasteiger partial charge in [-0.3, -0.25) is 9.59 Å². The van der Waals surface area contributed by atoms with Gasteiger partial charge in [-0.25, -0.2) is 4.79 Å². The zero-order valence-electron chi connectivity index (χ0n) is 12.7. The van der Waals surface area contributed by atoms with Crippen LogP contribution in [0.1, 0.15) is 38.5 Å². The largest absolute Gasteiger partial charge is 2.00 e. The molecule has 8 nitrogen and oxygen atoms in total. The Labute approximate surface area is 164 Å². The van der Waals surface area contributed by atoms with Crippen LogP contribution < -0.4 is 0 Å². The molecule has 142 valence electrons. The van der Waals surface area contributed by atoms with E-state index in [9.17, 15) is 14.4 Å². The van der Waals surface area contributed by atoms with Gasteiger partial charge in [-0.2, -0.15) is 0 Å². The molecule has 0 radical (unpaired) electrons. The molecule has 0 aliphatic heterocycles. The molecule has 0 aromatic rings. The maximum Gasteiger partial charge on any atom is 2.00 e. The maximum absolute atomic E-state index is 10.9. The van der Waals surface area contributed by atoms with Crippen LogP contribution in [0.4, 0.5) is 0 Å². The minimum Gasteiger partial charge on any atom is -0.693 e. The minimum atomic E-state index is -1.86. The van der Waals surface area contributed by atoms with Crippen molar-refractivity contribution < 1.29 is 50.4 Å². The van der Waals surface area contributed by atoms with Crippen molar-refractivity contribution in [3.05, 3.63) is 11.9 Å². The van der Waals surface area contributed by atoms with E-state index in [1.807, 2.05) is 0 Å². The normalized spacial score (nSPS) is 19.0. The molecule has 2 saturated carbocycles. The predicted octanol–water partition coefficient (Wildman–Crippen LogP) is 3.35. The third kappa shape index (κ3) is 6.84. The molecule has 0 amide bonds. The number of alkyl halides is 2. The molecule has 24 heavy (non-hydrogen) atoms. The first-order valence-electron chi connectivity index (χ1n) is 6.85. The predicted molar refractivity (Wildman–Crippen MR) is 84.2 cm³/mol. The summed E-state index contributed by atoms with van der Waals surface area (Å²) in [7, 11) is 0. The second-order valence-electron chi connectivity index (χ2n) is 5.44. The van der Waals surface area contributed by atoms with Crippen molar-refractivity contribution in [3.8, 4) is 0 Å². The number of halogens is 2. The van der Waals surface area contributed by atoms with E-state index < -0.39 is 34.3 Å². The summed E-state index contributed by atoms with van der Waals surface area (Å²) >= 11 is 10.4. The molecule has 2 aliphatic rings. The van der Waals surface area contributed by atoms with Crippen molar-refractivity contribution in [2.24, 2.45) is 5.41 Å². The first-order chi connectivity index (χ1) is 10.2. The van der Waals surface area contributed by atoms with Gasteiger partial charge in [0.05, 0.1) is 0 Å². The molecule has 11 heteroatoms. The zero-order chi connectivity index (χ0) is 16.9. The summed E-state index contributed by atoms with van der Waals surface area (Å²) in [5.74, 6) is -3.79. The van der Waals surface area contributed by atoms with Gasteiger partial charge in [0.25, 0.3) is 0 Å². The molecular formula is C13H20Cl2N2O6Pt. The number of hydrogen-bond acceptors (Lipinski definition) is 4. The van der Waals surface area contributed by atoms with Gasteiger partial charge in [0.1, 0.15) is 6.10 Å². The molecular weight excluding hydrogens is 546 g/mol. The van der Waals surface area contributed by atoms with Crippen LogP contribution in [0.5, 0.6) is 0 Å². The average molecular weight is 566 g/mol. The molecule has 0 atom stereocenters. The number of carboxylic acids is 2. The monoisotopic (exact) mass is 565 g/mol. The third-order valence-electron chi connectivity index (χ3n) is 3.79. The van der Waals surface area contributed by atoms with E-state index >= 15 is 0 Å². The standard InChI is InChI=1S/C8H8Cl2O6.C5H10N.H2N.Pt/c9-4(10)5(11)16-3-1-8(2-3,6(12)13)7(14)15;6-5-3-1-2-4-5;;/h3-4H,1-2H2,(H,12,13)(H,14,15);5-6H,1-4H2;1H2;/q;2*-1;+2. The Bertz CT molecular complexity index is 424. The van der Waals surface area contributed by atoms with Crippen LogP contribution in [0, 0.1) is 5.41 Å². The Morgan fingerprint density at radius 3 is 1.75 bits per heavy atom. The Hall–Kier alpha value is -0.402. The van der Waals surface area contributed by atoms with Crippen LogP contribution in [-0.2, 0) is 40.2 Å². The number of nitrogens with two attached hydrogens (primary N) is 1. The number of aliphatic carboxylic acids is 2. The van der Waals surface area contributed by atoms with Crippen LogP contribution in [0.15, 0.2) is 0 Å². The second-order valence-corrected chi connectivity index (χ2v) is 6.54. The molecule has 0 bridgehead atoms. The fourth-order valence-electron chi connectivity index (χ4n) is 2.38. The number of carboxylic acid groups (broad SMARTS) is 2. The fourth-order valence-corrected chi connectivity index (χ4v) is 2.49. The Morgan fingerprint density at radius 2 is 1.50 bits per heavy atom. The number of nitrogens with one attached hydrogen (secondary N) is 1. The maximum atomic E-state index is 10.9. The van der Waals surface area contributed by atoms with Crippen molar-refractivity contribution >= 4 is 41.1 Å². The van der Waals surface area contributed by atoms with Crippen molar-refractivity contribution in [2.45, 2.75) is 55.5 Å². The fraction of sp³-hybridized carbons (Fsp3) is 0.769. The van der Waals surface area contributed by atoms with Gasteiger partial charge < -0.3 is 26.8 Å². The Balaban J connectivity index is 0. The van der Waals surface area contributed by atoms with Gasteiger partial charge in [-0.05, 0) is 0 Å². The summed E-state index contributed by atoms with van der Waals surface area (Å²) < 4.78 is 4.67. The van der Waals surface area contributed by atoms with Gasteiger partial charge in [0.2, 0.25) is 4.84 Å². The van der Waals surface area contributed by atoms with E-state index in [2.05, 4.69) is 4.74 Å². The minimum absolute atomic E-state index is 0. The van der Waals surface area contributed by atoms with Gasteiger partial charge in [0, 0.05) is 12.8 Å². The summed E-state index contributed by atoms with van der Waals surface area (Å²) in [5.41, 5.74) is 5.27. The van der Waals surface area contributed by atoms with Crippen molar-refractivity contribution in [3.63, 3.8) is 0 Å². The molecule has 2 aliphatic carbocycles. The van der Waals surface area contributed by atoms with Gasteiger partial charge in [0.15, 0.2) is 5.41 Å². The molecule has 0 spiro atoms. The van der Waals surface area contributed by atoms with E-state index in [1.54, 1.807) is 0 Å². The number of esters is 1. The summed E-state index contributed by atoms with van der Waals surface area (Å²) in [5, 5.41) is 17.5. The summed E-state index contributed by atoms with van der Waals surface area (Å²) in [6.07, 6.45) is 3.59. The van der Waals surface area contributed by atoms with Crippen molar-refractivity contribution in [1.82, 2.24) is 0 Å². The smallest absolute Gasteiger partial charge is 0.693 e. The number of hydrogen-bond donors (Lipinski definition) is 2. The summed E-state index contributed by atoms with van der Waals surface area (Å²) in [6, 6.07) is 0.296. The Morgan fingerprint density at radius 1 is 1.08 bits per heavy atom. The topological polar surface area (TPSA) is 158 Å². The van der Waals surface area contributed by atoms with Crippen LogP contribution in [0.3, 0.4) is 0 Å². The van der Waals surface area contributed by atoms with Crippen LogP contribution in [-0.4, -0.2) is 45.1 Å².